The van der Waals surface area contributed by atoms with Gasteiger partial charge in [0.15, 0.2) is 17.5 Å². The largest absolute Gasteiger partial charge is 0.456 e. The van der Waals surface area contributed by atoms with E-state index < -0.39 is 0 Å². The van der Waals surface area contributed by atoms with E-state index >= 15 is 0 Å². The molecule has 7 heteroatoms. The molecule has 49 heavy (non-hydrogen) atoms. The molecule has 0 saturated carbocycles. The van der Waals surface area contributed by atoms with Crippen LogP contribution in [-0.2, 0) is 0 Å². The van der Waals surface area contributed by atoms with Crippen molar-refractivity contribution in [1.29, 1.82) is 0 Å². The number of para-hydroxylation sites is 2. The smallest absolute Gasteiger partial charge is 0.182 e. The van der Waals surface area contributed by atoms with Crippen molar-refractivity contribution in [3.8, 4) is 45.6 Å². The molecule has 5 aromatic heterocycles. The maximum atomic E-state index is 6.24. The van der Waals surface area contributed by atoms with E-state index in [0.717, 1.165) is 77.0 Å². The molecular weight excluding hydrogens is 605 g/mol. The number of aromatic nitrogens is 6. The molecule has 0 aliphatic rings. The minimum atomic E-state index is 0.479. The SMILES string of the molecule is c1ccc(-c2nc(-c3ccc4ccccc4n3)nc(-c3cccc4oc5ccccc5c34)n2)c(-c2ccc3ccc4cccnc4c3n2)c1. The van der Waals surface area contributed by atoms with Gasteiger partial charge in [-0.2, -0.15) is 0 Å². The summed E-state index contributed by atoms with van der Waals surface area (Å²) in [6.07, 6.45) is 1.81. The van der Waals surface area contributed by atoms with Gasteiger partial charge in [-0.05, 0) is 36.4 Å². The zero-order chi connectivity index (χ0) is 32.3. The lowest BCUT2D eigenvalue weighted by Crippen LogP contribution is -2.02. The molecule has 0 unspecified atom stereocenters. The molecule has 0 amide bonds. The van der Waals surface area contributed by atoms with Crippen LogP contribution in [-0.4, -0.2) is 29.9 Å². The zero-order valence-corrected chi connectivity index (χ0v) is 25.9. The molecule has 0 saturated heterocycles. The second kappa shape index (κ2) is 10.9. The summed E-state index contributed by atoms with van der Waals surface area (Å²) in [7, 11) is 0. The Bertz CT molecular complexity index is 2910. The first-order valence-electron chi connectivity index (χ1n) is 16.0. The Kier molecular flexibility index (Phi) is 6.04. The third-order valence-corrected chi connectivity index (χ3v) is 8.98. The summed E-state index contributed by atoms with van der Waals surface area (Å²) in [4.78, 5) is 30.1. The van der Waals surface area contributed by atoms with Gasteiger partial charge in [-0.1, -0.05) is 103 Å². The Morgan fingerprint density at radius 1 is 0.388 bits per heavy atom. The molecule has 10 aromatic rings. The minimum absolute atomic E-state index is 0.479. The van der Waals surface area contributed by atoms with Crippen molar-refractivity contribution < 1.29 is 4.42 Å². The van der Waals surface area contributed by atoms with Crippen LogP contribution in [0.25, 0.3) is 100 Å². The van der Waals surface area contributed by atoms with Crippen molar-refractivity contribution in [3.05, 3.63) is 146 Å². The summed E-state index contributed by atoms with van der Waals surface area (Å²) < 4.78 is 6.24. The molecule has 10 rings (SSSR count). The van der Waals surface area contributed by atoms with E-state index in [1.807, 2.05) is 103 Å². The number of fused-ring (bicyclic) bond motifs is 7. The third kappa shape index (κ3) is 4.52. The Labute approximate surface area is 279 Å². The van der Waals surface area contributed by atoms with E-state index in [1.54, 1.807) is 0 Å². The first-order chi connectivity index (χ1) is 24.3. The molecule has 0 radical (unpaired) electrons. The summed E-state index contributed by atoms with van der Waals surface area (Å²) >= 11 is 0. The predicted octanol–water partition coefficient (Wildman–Crippen LogP) is 10.1. The van der Waals surface area contributed by atoms with E-state index in [0.29, 0.717) is 23.2 Å². The molecular formula is C42H24N6O. The zero-order valence-electron chi connectivity index (χ0n) is 25.9. The lowest BCUT2D eigenvalue weighted by molar-refractivity contribution is 0.669. The predicted molar refractivity (Wildman–Crippen MR) is 195 cm³/mol. The highest BCUT2D eigenvalue weighted by atomic mass is 16.3. The molecule has 0 fully saturated rings. The fourth-order valence-electron chi connectivity index (χ4n) is 6.66. The van der Waals surface area contributed by atoms with Gasteiger partial charge in [-0.3, -0.25) is 4.98 Å². The monoisotopic (exact) mass is 628 g/mol. The van der Waals surface area contributed by atoms with Crippen LogP contribution < -0.4 is 0 Å². The number of hydrogen-bond donors (Lipinski definition) is 0. The average molecular weight is 629 g/mol. The first kappa shape index (κ1) is 27.3. The fraction of sp³-hybridized carbons (Fsp3) is 0. The second-order valence-electron chi connectivity index (χ2n) is 11.9. The van der Waals surface area contributed by atoms with Crippen LogP contribution in [0.4, 0.5) is 0 Å². The van der Waals surface area contributed by atoms with Gasteiger partial charge in [-0.15, -0.1) is 0 Å². The maximum absolute atomic E-state index is 6.24. The van der Waals surface area contributed by atoms with Gasteiger partial charge in [0.2, 0.25) is 0 Å². The number of rotatable bonds is 4. The van der Waals surface area contributed by atoms with Crippen molar-refractivity contribution in [1.82, 2.24) is 29.9 Å². The molecule has 5 heterocycles. The maximum Gasteiger partial charge on any atom is 0.182 e. The number of benzene rings is 5. The van der Waals surface area contributed by atoms with Crippen molar-refractivity contribution in [3.63, 3.8) is 0 Å². The number of pyridine rings is 3. The highest BCUT2D eigenvalue weighted by Gasteiger charge is 2.20. The molecule has 0 aliphatic heterocycles. The number of hydrogen-bond acceptors (Lipinski definition) is 7. The van der Waals surface area contributed by atoms with E-state index in [-0.39, 0.29) is 0 Å². The molecule has 0 aliphatic carbocycles. The molecule has 7 nitrogen and oxygen atoms in total. The van der Waals surface area contributed by atoms with Crippen LogP contribution in [0.2, 0.25) is 0 Å². The van der Waals surface area contributed by atoms with Crippen molar-refractivity contribution in [2.45, 2.75) is 0 Å². The van der Waals surface area contributed by atoms with Gasteiger partial charge < -0.3 is 4.42 Å². The van der Waals surface area contributed by atoms with Gasteiger partial charge >= 0.3 is 0 Å². The van der Waals surface area contributed by atoms with Gasteiger partial charge in [0.05, 0.1) is 22.2 Å². The van der Waals surface area contributed by atoms with Crippen molar-refractivity contribution >= 4 is 54.6 Å². The topological polar surface area (TPSA) is 90.5 Å². The van der Waals surface area contributed by atoms with Crippen molar-refractivity contribution in [2.24, 2.45) is 0 Å². The van der Waals surface area contributed by atoms with Gasteiger partial charge in [0.25, 0.3) is 0 Å². The quantitative estimate of drug-likeness (QED) is 0.179. The molecule has 0 N–H and O–H groups in total. The summed E-state index contributed by atoms with van der Waals surface area (Å²) in [5.41, 5.74) is 8.21. The summed E-state index contributed by atoms with van der Waals surface area (Å²) in [6, 6.07) is 46.5. The van der Waals surface area contributed by atoms with E-state index in [9.17, 15) is 0 Å². The third-order valence-electron chi connectivity index (χ3n) is 8.98. The Balaban J connectivity index is 1.22. The molecule has 228 valence electrons. The Morgan fingerprint density at radius 3 is 1.98 bits per heavy atom. The lowest BCUT2D eigenvalue weighted by Gasteiger charge is -2.12. The summed E-state index contributed by atoms with van der Waals surface area (Å²) in [6.45, 7) is 0. The number of nitrogens with zero attached hydrogens (tertiary/aromatic N) is 6. The molecule has 0 atom stereocenters. The summed E-state index contributed by atoms with van der Waals surface area (Å²) in [5.74, 6) is 1.53. The van der Waals surface area contributed by atoms with Gasteiger partial charge in [0, 0.05) is 49.8 Å². The van der Waals surface area contributed by atoms with Gasteiger partial charge in [0.1, 0.15) is 16.9 Å². The number of furan rings is 1. The van der Waals surface area contributed by atoms with Crippen LogP contribution in [0.15, 0.2) is 150 Å². The van der Waals surface area contributed by atoms with E-state index in [2.05, 4.69) is 47.4 Å². The minimum Gasteiger partial charge on any atom is -0.456 e. The standard InChI is InChI=1S/C42H24N6O/c1-5-15-32-25(9-1)20-23-34(44-32)42-47-40(46-41(48-42)31-14-7-17-36-37(31)30-13-4-6-16-35(30)49-36)29-12-3-2-11-28(29)33-22-21-27-19-18-26-10-8-24-43-38(26)39(27)45-33/h1-24H. The molecule has 0 bridgehead atoms. The second-order valence-corrected chi connectivity index (χ2v) is 11.9. The van der Waals surface area contributed by atoms with Crippen LogP contribution in [0.5, 0.6) is 0 Å². The van der Waals surface area contributed by atoms with Crippen LogP contribution >= 0.6 is 0 Å². The molecule has 0 spiro atoms. The Morgan fingerprint density at radius 2 is 1.04 bits per heavy atom. The average Bonchev–Trinajstić information content (AvgIpc) is 3.56. The van der Waals surface area contributed by atoms with E-state index in [1.165, 1.54) is 0 Å². The highest BCUT2D eigenvalue weighted by molar-refractivity contribution is 6.12. The van der Waals surface area contributed by atoms with Crippen LogP contribution in [0.1, 0.15) is 0 Å². The van der Waals surface area contributed by atoms with Gasteiger partial charge in [-0.25, -0.2) is 24.9 Å². The fourth-order valence-corrected chi connectivity index (χ4v) is 6.66. The highest BCUT2D eigenvalue weighted by Crippen LogP contribution is 2.38. The van der Waals surface area contributed by atoms with Crippen LogP contribution in [0.3, 0.4) is 0 Å². The Hall–Kier alpha value is -6.86. The lowest BCUT2D eigenvalue weighted by atomic mass is 10.0. The summed E-state index contributed by atoms with van der Waals surface area (Å²) in [5, 5.41) is 5.08. The molecule has 5 aromatic carbocycles. The van der Waals surface area contributed by atoms with E-state index in [4.69, 9.17) is 29.3 Å². The van der Waals surface area contributed by atoms with Crippen molar-refractivity contribution in [2.75, 3.05) is 0 Å². The normalized spacial score (nSPS) is 11.7. The van der Waals surface area contributed by atoms with Crippen LogP contribution in [0, 0.1) is 0 Å². The first-order valence-corrected chi connectivity index (χ1v) is 16.0.